The van der Waals surface area contributed by atoms with Gasteiger partial charge in [0.15, 0.2) is 0 Å². The van der Waals surface area contributed by atoms with Crippen LogP contribution in [-0.4, -0.2) is 24.9 Å². The maximum absolute atomic E-state index is 13.4. The van der Waals surface area contributed by atoms with E-state index in [1.165, 1.54) is 25.3 Å². The molecule has 2 amide bonds. The van der Waals surface area contributed by atoms with E-state index in [-0.39, 0.29) is 12.3 Å². The summed E-state index contributed by atoms with van der Waals surface area (Å²) < 4.78 is 18.4. The van der Waals surface area contributed by atoms with Crippen molar-refractivity contribution in [3.05, 3.63) is 52.8 Å². The van der Waals surface area contributed by atoms with Gasteiger partial charge in [-0.15, -0.1) is 0 Å². The van der Waals surface area contributed by atoms with Crippen LogP contribution in [0.5, 0.6) is 5.75 Å². The molecule has 0 fully saturated rings. The molecule has 0 saturated heterocycles. The van der Waals surface area contributed by atoms with Crippen molar-refractivity contribution in [2.45, 2.75) is 6.42 Å². The number of aliphatic hydroxyl groups is 1. The van der Waals surface area contributed by atoms with Gasteiger partial charge in [-0.1, -0.05) is 17.7 Å². The molecule has 2 aromatic rings. The summed E-state index contributed by atoms with van der Waals surface area (Å²) in [4.78, 5) is 12.1. The number of anilines is 2. The highest BCUT2D eigenvalue weighted by Gasteiger charge is 2.09. The molecular weight excluding hydrogens is 323 g/mol. The van der Waals surface area contributed by atoms with Crippen LogP contribution in [0.3, 0.4) is 0 Å². The predicted molar refractivity (Wildman–Crippen MR) is 87.8 cm³/mol. The van der Waals surface area contributed by atoms with Crippen molar-refractivity contribution in [3.8, 4) is 5.75 Å². The average molecular weight is 339 g/mol. The third-order valence-corrected chi connectivity index (χ3v) is 3.30. The van der Waals surface area contributed by atoms with Gasteiger partial charge in [0.05, 0.1) is 7.11 Å². The van der Waals surface area contributed by atoms with Gasteiger partial charge < -0.3 is 20.5 Å². The van der Waals surface area contributed by atoms with Crippen molar-refractivity contribution in [1.29, 1.82) is 0 Å². The normalized spacial score (nSPS) is 10.3. The molecule has 0 aromatic heterocycles. The van der Waals surface area contributed by atoms with Gasteiger partial charge in [-0.3, -0.25) is 0 Å². The topological polar surface area (TPSA) is 70.6 Å². The summed E-state index contributed by atoms with van der Waals surface area (Å²) in [6, 6.07) is 8.30. The van der Waals surface area contributed by atoms with Crippen molar-refractivity contribution in [1.82, 2.24) is 0 Å². The highest BCUT2D eigenvalue weighted by molar-refractivity contribution is 6.31. The van der Waals surface area contributed by atoms with E-state index in [0.29, 0.717) is 22.9 Å². The number of hydrogen-bond donors (Lipinski definition) is 3. The van der Waals surface area contributed by atoms with E-state index in [0.717, 1.165) is 5.56 Å². The SMILES string of the molecule is COc1cc(F)cc(NC(=O)Nc2cc(Cl)ccc2CCO)c1. The second-order valence-corrected chi connectivity index (χ2v) is 5.17. The Labute approximate surface area is 138 Å². The first kappa shape index (κ1) is 17.1. The van der Waals surface area contributed by atoms with E-state index in [1.54, 1.807) is 18.2 Å². The quantitative estimate of drug-likeness (QED) is 0.779. The molecule has 5 nitrogen and oxygen atoms in total. The molecule has 0 unspecified atom stereocenters. The lowest BCUT2D eigenvalue weighted by Gasteiger charge is -2.12. The summed E-state index contributed by atoms with van der Waals surface area (Å²) in [5.74, 6) is -0.229. The minimum atomic E-state index is -0.556. The zero-order chi connectivity index (χ0) is 16.8. The van der Waals surface area contributed by atoms with Gasteiger partial charge in [0.2, 0.25) is 0 Å². The third-order valence-electron chi connectivity index (χ3n) is 3.07. The van der Waals surface area contributed by atoms with Crippen molar-refractivity contribution in [2.24, 2.45) is 0 Å². The number of benzene rings is 2. The summed E-state index contributed by atoms with van der Waals surface area (Å²) in [6.45, 7) is -0.0565. The first-order valence-corrected chi connectivity index (χ1v) is 7.21. The van der Waals surface area contributed by atoms with E-state index in [2.05, 4.69) is 10.6 Å². The molecule has 0 aliphatic rings. The fourth-order valence-electron chi connectivity index (χ4n) is 2.04. The number of aliphatic hydroxyl groups excluding tert-OH is 1. The standard InChI is InChI=1S/C16H16ClFN2O3/c1-23-14-8-12(18)7-13(9-14)19-16(22)20-15-6-11(17)3-2-10(15)4-5-21/h2-3,6-9,21H,4-5H2,1H3,(H2,19,20,22). The van der Waals surface area contributed by atoms with Crippen molar-refractivity contribution >= 4 is 29.0 Å². The average Bonchev–Trinajstić information content (AvgIpc) is 2.49. The number of halogens is 2. The van der Waals surface area contributed by atoms with Crippen LogP contribution in [0.2, 0.25) is 5.02 Å². The van der Waals surface area contributed by atoms with Crippen molar-refractivity contribution in [3.63, 3.8) is 0 Å². The summed E-state index contributed by atoms with van der Waals surface area (Å²) in [5.41, 5.74) is 1.47. The van der Waals surface area contributed by atoms with Crippen LogP contribution in [-0.2, 0) is 6.42 Å². The van der Waals surface area contributed by atoms with Gasteiger partial charge in [0.1, 0.15) is 11.6 Å². The molecule has 2 aromatic carbocycles. The zero-order valence-corrected chi connectivity index (χ0v) is 13.2. The Kier molecular flexibility index (Phi) is 5.78. The molecule has 0 radical (unpaired) electrons. The Morgan fingerprint density at radius 2 is 2.04 bits per heavy atom. The Bertz CT molecular complexity index is 710. The number of urea groups is 1. The number of hydrogen-bond acceptors (Lipinski definition) is 3. The Morgan fingerprint density at radius 3 is 2.74 bits per heavy atom. The largest absolute Gasteiger partial charge is 0.497 e. The number of nitrogens with one attached hydrogen (secondary N) is 2. The summed E-state index contributed by atoms with van der Waals surface area (Å²) in [6.07, 6.45) is 0.376. The zero-order valence-electron chi connectivity index (χ0n) is 12.4. The van der Waals surface area contributed by atoms with Crippen LogP contribution in [0.1, 0.15) is 5.56 Å². The molecule has 122 valence electrons. The van der Waals surface area contributed by atoms with Crippen LogP contribution in [0.4, 0.5) is 20.6 Å². The summed E-state index contributed by atoms with van der Waals surface area (Å²) >= 11 is 5.92. The van der Waals surface area contributed by atoms with E-state index >= 15 is 0 Å². The van der Waals surface area contributed by atoms with Crippen LogP contribution >= 0.6 is 11.6 Å². The molecule has 2 rings (SSSR count). The number of rotatable bonds is 5. The molecule has 0 atom stereocenters. The van der Waals surface area contributed by atoms with Gasteiger partial charge in [0, 0.05) is 35.1 Å². The van der Waals surface area contributed by atoms with Crippen LogP contribution < -0.4 is 15.4 Å². The van der Waals surface area contributed by atoms with Gasteiger partial charge in [0.25, 0.3) is 0 Å². The molecule has 0 aliphatic carbocycles. The van der Waals surface area contributed by atoms with E-state index in [1.807, 2.05) is 0 Å². The number of carbonyl (C=O) groups excluding carboxylic acids is 1. The van der Waals surface area contributed by atoms with E-state index in [4.69, 9.17) is 21.4 Å². The lowest BCUT2D eigenvalue weighted by atomic mass is 10.1. The first-order valence-electron chi connectivity index (χ1n) is 6.83. The highest BCUT2D eigenvalue weighted by atomic mass is 35.5. The Balaban J connectivity index is 2.13. The molecular formula is C16H16ClFN2O3. The van der Waals surface area contributed by atoms with Gasteiger partial charge in [-0.05, 0) is 30.2 Å². The summed E-state index contributed by atoms with van der Waals surface area (Å²) in [7, 11) is 1.41. The fourth-order valence-corrected chi connectivity index (χ4v) is 2.21. The molecule has 3 N–H and O–H groups in total. The van der Waals surface area contributed by atoms with Crippen molar-refractivity contribution in [2.75, 3.05) is 24.4 Å². The van der Waals surface area contributed by atoms with Crippen LogP contribution in [0.15, 0.2) is 36.4 Å². The number of ether oxygens (including phenoxy) is 1. The fraction of sp³-hybridized carbons (Fsp3) is 0.188. The molecule has 0 heterocycles. The van der Waals surface area contributed by atoms with Gasteiger partial charge in [-0.25, -0.2) is 9.18 Å². The molecule has 0 aliphatic heterocycles. The van der Waals surface area contributed by atoms with E-state index < -0.39 is 11.8 Å². The van der Waals surface area contributed by atoms with Crippen molar-refractivity contribution < 1.29 is 19.0 Å². The Morgan fingerprint density at radius 1 is 1.26 bits per heavy atom. The highest BCUT2D eigenvalue weighted by Crippen LogP contribution is 2.23. The monoisotopic (exact) mass is 338 g/mol. The van der Waals surface area contributed by atoms with E-state index in [9.17, 15) is 9.18 Å². The van der Waals surface area contributed by atoms with Crippen LogP contribution in [0.25, 0.3) is 0 Å². The maximum Gasteiger partial charge on any atom is 0.323 e. The molecule has 0 spiro atoms. The maximum atomic E-state index is 13.4. The molecule has 0 bridgehead atoms. The van der Waals surface area contributed by atoms with Crippen LogP contribution in [0, 0.1) is 5.82 Å². The molecule has 0 saturated carbocycles. The second-order valence-electron chi connectivity index (χ2n) is 4.73. The molecule has 7 heteroatoms. The smallest absolute Gasteiger partial charge is 0.323 e. The number of amides is 2. The lowest BCUT2D eigenvalue weighted by molar-refractivity contribution is 0.262. The lowest BCUT2D eigenvalue weighted by Crippen LogP contribution is -2.20. The van der Waals surface area contributed by atoms with Gasteiger partial charge >= 0.3 is 6.03 Å². The van der Waals surface area contributed by atoms with Gasteiger partial charge in [-0.2, -0.15) is 0 Å². The minimum absolute atomic E-state index is 0.0565. The number of carbonyl (C=O) groups is 1. The molecule has 23 heavy (non-hydrogen) atoms. The Hall–Kier alpha value is -2.31. The third kappa shape index (κ3) is 4.84. The first-order chi connectivity index (χ1) is 11.0. The minimum Gasteiger partial charge on any atom is -0.497 e. The summed E-state index contributed by atoms with van der Waals surface area (Å²) in [5, 5.41) is 14.7. The number of methoxy groups -OCH3 is 1. The predicted octanol–water partition coefficient (Wildman–Crippen LogP) is 3.67. The second kappa shape index (κ2) is 7.80.